The summed E-state index contributed by atoms with van der Waals surface area (Å²) in [6.07, 6.45) is 0.893. The maximum Gasteiger partial charge on any atom is 0.241 e. The van der Waals surface area contributed by atoms with Crippen molar-refractivity contribution in [2.45, 2.75) is 12.5 Å². The fourth-order valence-electron chi connectivity index (χ4n) is 2.41. The predicted octanol–water partition coefficient (Wildman–Crippen LogP) is 0.691. The molecule has 1 saturated heterocycles. The largest absolute Gasteiger partial charge is 0.497 e. The van der Waals surface area contributed by atoms with Crippen LogP contribution in [0.1, 0.15) is 6.42 Å². The number of ether oxygens (including phenoxy) is 1. The maximum absolute atomic E-state index is 12.2. The standard InChI is InChI=1S/C14H21N3O2/c1-16-10-14(18)17(9-12(16)6-7-15)11-4-3-5-13(8-11)19-2/h3-5,8,12H,6-7,9-10,15H2,1-2H3. The van der Waals surface area contributed by atoms with Gasteiger partial charge >= 0.3 is 0 Å². The molecule has 1 amide bonds. The van der Waals surface area contributed by atoms with E-state index in [1.54, 1.807) is 7.11 Å². The highest BCUT2D eigenvalue weighted by molar-refractivity contribution is 5.95. The lowest BCUT2D eigenvalue weighted by molar-refractivity contribution is -0.122. The van der Waals surface area contributed by atoms with E-state index in [-0.39, 0.29) is 5.91 Å². The zero-order chi connectivity index (χ0) is 13.8. The Labute approximate surface area is 113 Å². The SMILES string of the molecule is COc1cccc(N2CC(CCN)N(C)CC2=O)c1. The van der Waals surface area contributed by atoms with Gasteiger partial charge in [0.05, 0.1) is 13.7 Å². The Hall–Kier alpha value is -1.59. The summed E-state index contributed by atoms with van der Waals surface area (Å²) >= 11 is 0. The lowest BCUT2D eigenvalue weighted by atomic mass is 10.1. The van der Waals surface area contributed by atoms with E-state index in [9.17, 15) is 4.79 Å². The van der Waals surface area contributed by atoms with Crippen LogP contribution in [0, 0.1) is 0 Å². The third kappa shape index (κ3) is 3.05. The molecule has 0 bridgehead atoms. The number of piperazine rings is 1. The monoisotopic (exact) mass is 263 g/mol. The smallest absolute Gasteiger partial charge is 0.241 e. The molecule has 1 fully saturated rings. The third-order valence-electron chi connectivity index (χ3n) is 3.57. The zero-order valence-electron chi connectivity index (χ0n) is 11.5. The molecule has 1 aromatic carbocycles. The van der Waals surface area contributed by atoms with Gasteiger partial charge in [-0.3, -0.25) is 9.69 Å². The van der Waals surface area contributed by atoms with Crippen LogP contribution in [0.2, 0.25) is 0 Å². The van der Waals surface area contributed by atoms with E-state index in [0.29, 0.717) is 25.7 Å². The number of benzene rings is 1. The number of nitrogens with zero attached hydrogens (tertiary/aromatic N) is 2. The molecule has 0 radical (unpaired) electrons. The Morgan fingerprint density at radius 3 is 2.95 bits per heavy atom. The molecule has 1 unspecified atom stereocenters. The molecule has 1 aliphatic rings. The molecule has 5 nitrogen and oxygen atoms in total. The summed E-state index contributed by atoms with van der Waals surface area (Å²) in [5.74, 6) is 0.878. The first-order valence-corrected chi connectivity index (χ1v) is 6.50. The van der Waals surface area contributed by atoms with E-state index in [1.165, 1.54) is 0 Å². The Balaban J connectivity index is 2.19. The quantitative estimate of drug-likeness (QED) is 0.868. The van der Waals surface area contributed by atoms with Gasteiger partial charge in [-0.25, -0.2) is 0 Å². The minimum Gasteiger partial charge on any atom is -0.497 e. The first kappa shape index (κ1) is 13.8. The molecule has 5 heteroatoms. The molecule has 2 rings (SSSR count). The van der Waals surface area contributed by atoms with E-state index in [1.807, 2.05) is 36.2 Å². The van der Waals surface area contributed by atoms with Gasteiger partial charge in [0.1, 0.15) is 5.75 Å². The second-order valence-corrected chi connectivity index (χ2v) is 4.85. The lowest BCUT2D eigenvalue weighted by Gasteiger charge is -2.39. The zero-order valence-corrected chi connectivity index (χ0v) is 11.5. The van der Waals surface area contributed by atoms with Crippen LogP contribution in [0.5, 0.6) is 5.75 Å². The van der Waals surface area contributed by atoms with Crippen LogP contribution < -0.4 is 15.4 Å². The van der Waals surface area contributed by atoms with Gasteiger partial charge in [-0.2, -0.15) is 0 Å². The van der Waals surface area contributed by atoms with Crippen LogP contribution in [0.4, 0.5) is 5.69 Å². The van der Waals surface area contributed by atoms with Crippen molar-refractivity contribution in [2.24, 2.45) is 5.73 Å². The molecular weight excluding hydrogens is 242 g/mol. The number of methoxy groups -OCH3 is 1. The lowest BCUT2D eigenvalue weighted by Crippen LogP contribution is -2.55. The van der Waals surface area contributed by atoms with Crippen LogP contribution in [0.15, 0.2) is 24.3 Å². The number of anilines is 1. The van der Waals surface area contributed by atoms with Gasteiger partial charge in [0.25, 0.3) is 0 Å². The van der Waals surface area contributed by atoms with Gasteiger partial charge in [-0.05, 0) is 32.1 Å². The van der Waals surface area contributed by atoms with Crippen LogP contribution in [0.25, 0.3) is 0 Å². The number of carbonyl (C=O) groups is 1. The number of hydrogen-bond acceptors (Lipinski definition) is 4. The maximum atomic E-state index is 12.2. The van der Waals surface area contributed by atoms with Crippen molar-refractivity contribution < 1.29 is 9.53 Å². The van der Waals surface area contributed by atoms with Crippen LogP contribution in [0.3, 0.4) is 0 Å². The van der Waals surface area contributed by atoms with E-state index >= 15 is 0 Å². The number of hydrogen-bond donors (Lipinski definition) is 1. The van der Waals surface area contributed by atoms with Crippen molar-refractivity contribution in [3.8, 4) is 5.75 Å². The van der Waals surface area contributed by atoms with Gasteiger partial charge in [0.2, 0.25) is 5.91 Å². The van der Waals surface area contributed by atoms with Crippen molar-refractivity contribution >= 4 is 11.6 Å². The molecular formula is C14H21N3O2. The molecule has 2 N–H and O–H groups in total. The van der Waals surface area contributed by atoms with Crippen LogP contribution in [-0.2, 0) is 4.79 Å². The summed E-state index contributed by atoms with van der Waals surface area (Å²) in [6, 6.07) is 7.92. The second-order valence-electron chi connectivity index (χ2n) is 4.85. The Morgan fingerprint density at radius 2 is 2.26 bits per heavy atom. The third-order valence-corrected chi connectivity index (χ3v) is 3.57. The molecule has 19 heavy (non-hydrogen) atoms. The fraction of sp³-hybridized carbons (Fsp3) is 0.500. The molecule has 104 valence electrons. The van der Waals surface area contributed by atoms with Crippen molar-refractivity contribution in [3.63, 3.8) is 0 Å². The average Bonchev–Trinajstić information content (AvgIpc) is 2.42. The van der Waals surface area contributed by atoms with E-state index in [2.05, 4.69) is 4.90 Å². The number of amides is 1. The van der Waals surface area contributed by atoms with Gasteiger partial charge in [0.15, 0.2) is 0 Å². The van der Waals surface area contributed by atoms with Gasteiger partial charge < -0.3 is 15.4 Å². The first-order valence-electron chi connectivity index (χ1n) is 6.50. The summed E-state index contributed by atoms with van der Waals surface area (Å²) in [7, 11) is 3.60. The van der Waals surface area contributed by atoms with Crippen molar-refractivity contribution in [1.29, 1.82) is 0 Å². The molecule has 0 aliphatic carbocycles. The van der Waals surface area contributed by atoms with Crippen LogP contribution in [-0.4, -0.2) is 50.6 Å². The number of carbonyl (C=O) groups excluding carboxylic acids is 1. The average molecular weight is 263 g/mol. The molecule has 1 heterocycles. The van der Waals surface area contributed by atoms with E-state index in [0.717, 1.165) is 17.9 Å². The summed E-state index contributed by atoms with van der Waals surface area (Å²) in [5, 5.41) is 0. The Bertz CT molecular complexity index is 450. The van der Waals surface area contributed by atoms with Gasteiger partial charge in [-0.15, -0.1) is 0 Å². The summed E-state index contributed by atoms with van der Waals surface area (Å²) in [6.45, 7) is 1.75. The first-order chi connectivity index (χ1) is 9.15. The predicted molar refractivity (Wildman–Crippen MR) is 75.4 cm³/mol. The van der Waals surface area contributed by atoms with E-state index in [4.69, 9.17) is 10.5 Å². The topological polar surface area (TPSA) is 58.8 Å². The minimum atomic E-state index is 0.115. The Morgan fingerprint density at radius 1 is 1.47 bits per heavy atom. The summed E-state index contributed by atoms with van der Waals surface area (Å²) in [5.41, 5.74) is 6.52. The van der Waals surface area contributed by atoms with Gasteiger partial charge in [0, 0.05) is 24.3 Å². The molecule has 0 spiro atoms. The molecule has 1 aromatic rings. The van der Waals surface area contributed by atoms with Crippen molar-refractivity contribution in [3.05, 3.63) is 24.3 Å². The normalized spacial score (nSPS) is 20.7. The number of rotatable bonds is 4. The summed E-state index contributed by atoms with van der Waals surface area (Å²) < 4.78 is 5.21. The van der Waals surface area contributed by atoms with E-state index < -0.39 is 0 Å². The minimum absolute atomic E-state index is 0.115. The molecule has 1 aliphatic heterocycles. The molecule has 1 atom stereocenters. The molecule has 0 saturated carbocycles. The summed E-state index contributed by atoms with van der Waals surface area (Å²) in [4.78, 5) is 16.1. The second kappa shape index (κ2) is 6.04. The van der Waals surface area contributed by atoms with Crippen molar-refractivity contribution in [1.82, 2.24) is 4.90 Å². The highest BCUT2D eigenvalue weighted by atomic mass is 16.5. The number of nitrogens with two attached hydrogens (primary N) is 1. The van der Waals surface area contributed by atoms with Gasteiger partial charge in [-0.1, -0.05) is 6.07 Å². The highest BCUT2D eigenvalue weighted by Crippen LogP contribution is 2.24. The van der Waals surface area contributed by atoms with Crippen LogP contribution >= 0.6 is 0 Å². The Kier molecular flexibility index (Phi) is 4.39. The fourth-order valence-corrected chi connectivity index (χ4v) is 2.41. The van der Waals surface area contributed by atoms with Crippen molar-refractivity contribution in [2.75, 3.05) is 38.7 Å². The highest BCUT2D eigenvalue weighted by Gasteiger charge is 2.30. The molecule has 0 aromatic heterocycles. The number of likely N-dealkylation sites (N-methyl/N-ethyl adjacent to an activating group) is 1.